The van der Waals surface area contributed by atoms with Crippen molar-refractivity contribution in [1.82, 2.24) is 0 Å². The topological polar surface area (TPSA) is 69.6 Å². The monoisotopic (exact) mass is 282 g/mol. The summed E-state index contributed by atoms with van der Waals surface area (Å²) in [5.41, 5.74) is 1.50. The largest absolute Gasteiger partial charge is 0.395 e. The van der Waals surface area contributed by atoms with Crippen molar-refractivity contribution in [3.05, 3.63) is 22.7 Å². The maximum atomic E-state index is 11.6. The molecule has 19 heavy (non-hydrogen) atoms. The van der Waals surface area contributed by atoms with E-state index in [9.17, 15) is 9.59 Å². The molecule has 1 aliphatic rings. The zero-order chi connectivity index (χ0) is 14.0. The average molecular weight is 283 g/mol. The van der Waals surface area contributed by atoms with Crippen LogP contribution in [0.3, 0.4) is 0 Å². The van der Waals surface area contributed by atoms with Crippen LogP contribution in [0.5, 0.6) is 0 Å². The van der Waals surface area contributed by atoms with Crippen LogP contribution in [0.25, 0.3) is 0 Å². The first-order valence-electron chi connectivity index (χ1n) is 6.13. The van der Waals surface area contributed by atoms with Crippen LogP contribution >= 0.6 is 11.6 Å². The minimum atomic E-state index is -0.632. The van der Waals surface area contributed by atoms with Crippen LogP contribution in [0.15, 0.2) is 12.1 Å². The number of fused-ring (bicyclic) bond motifs is 1. The standard InChI is InChI=1S/C13H15ClN2O3/c1-2-3-16(4-5-17)11-7-10-8(6-9(11)14)12(18)13(19)15-10/h6-7,17H,2-5H2,1H3,(H,15,18,19). The Morgan fingerprint density at radius 1 is 1.32 bits per heavy atom. The molecule has 2 rings (SSSR count). The lowest BCUT2D eigenvalue weighted by molar-refractivity contribution is -0.112. The molecule has 0 atom stereocenters. The van der Waals surface area contributed by atoms with Gasteiger partial charge in [0.2, 0.25) is 0 Å². The maximum absolute atomic E-state index is 11.6. The summed E-state index contributed by atoms with van der Waals surface area (Å²) in [6.07, 6.45) is 0.901. The second-order valence-electron chi connectivity index (χ2n) is 4.34. The van der Waals surface area contributed by atoms with Gasteiger partial charge in [0.05, 0.1) is 28.6 Å². The minimum absolute atomic E-state index is 0.0126. The number of carbonyl (C=O) groups excluding carboxylic acids is 2. The van der Waals surface area contributed by atoms with Crippen molar-refractivity contribution in [3.8, 4) is 0 Å². The van der Waals surface area contributed by atoms with Crippen molar-refractivity contribution >= 4 is 34.7 Å². The van der Waals surface area contributed by atoms with Crippen molar-refractivity contribution in [2.45, 2.75) is 13.3 Å². The number of nitrogens with one attached hydrogen (secondary N) is 1. The van der Waals surface area contributed by atoms with Crippen molar-refractivity contribution < 1.29 is 14.7 Å². The molecule has 1 heterocycles. The molecule has 0 unspecified atom stereocenters. The highest BCUT2D eigenvalue weighted by Crippen LogP contribution is 2.35. The van der Waals surface area contributed by atoms with Gasteiger partial charge >= 0.3 is 0 Å². The molecule has 0 saturated heterocycles. The molecule has 1 aliphatic heterocycles. The van der Waals surface area contributed by atoms with E-state index < -0.39 is 11.7 Å². The summed E-state index contributed by atoms with van der Waals surface area (Å²) < 4.78 is 0. The number of hydrogen-bond donors (Lipinski definition) is 2. The highest BCUT2D eigenvalue weighted by atomic mass is 35.5. The van der Waals surface area contributed by atoms with Crippen molar-refractivity contribution in [3.63, 3.8) is 0 Å². The highest BCUT2D eigenvalue weighted by Gasteiger charge is 2.29. The van der Waals surface area contributed by atoms with Gasteiger partial charge in [0.25, 0.3) is 11.7 Å². The van der Waals surface area contributed by atoms with Gasteiger partial charge in [-0.3, -0.25) is 9.59 Å². The van der Waals surface area contributed by atoms with Crippen LogP contribution in [0.4, 0.5) is 11.4 Å². The van der Waals surface area contributed by atoms with Crippen molar-refractivity contribution in [2.24, 2.45) is 0 Å². The first-order chi connectivity index (χ1) is 9.08. The van der Waals surface area contributed by atoms with Crippen LogP contribution in [-0.4, -0.2) is 36.5 Å². The zero-order valence-corrected chi connectivity index (χ0v) is 11.3. The van der Waals surface area contributed by atoms with Gasteiger partial charge in [-0.25, -0.2) is 0 Å². The quantitative estimate of drug-likeness (QED) is 0.806. The Morgan fingerprint density at radius 2 is 2.05 bits per heavy atom. The molecule has 0 radical (unpaired) electrons. The maximum Gasteiger partial charge on any atom is 0.296 e. The number of benzene rings is 1. The lowest BCUT2D eigenvalue weighted by Gasteiger charge is -2.25. The van der Waals surface area contributed by atoms with E-state index >= 15 is 0 Å². The second-order valence-corrected chi connectivity index (χ2v) is 4.75. The molecule has 0 spiro atoms. The highest BCUT2D eigenvalue weighted by molar-refractivity contribution is 6.52. The number of nitrogens with zero attached hydrogens (tertiary/aromatic N) is 1. The van der Waals surface area contributed by atoms with E-state index in [-0.39, 0.29) is 6.61 Å². The summed E-state index contributed by atoms with van der Waals surface area (Å²) in [5, 5.41) is 12.0. The molecule has 0 aliphatic carbocycles. The van der Waals surface area contributed by atoms with E-state index in [0.29, 0.717) is 28.5 Å². The number of ketones is 1. The molecular formula is C13H15ClN2O3. The summed E-state index contributed by atoms with van der Waals surface area (Å²) in [5.74, 6) is -1.19. The number of anilines is 2. The SMILES string of the molecule is CCCN(CCO)c1cc2c(cc1Cl)C(=O)C(=O)N2. The van der Waals surface area contributed by atoms with Gasteiger partial charge in [0.1, 0.15) is 0 Å². The predicted molar refractivity (Wildman–Crippen MR) is 74.0 cm³/mol. The molecule has 1 aromatic carbocycles. The number of amides is 1. The van der Waals surface area contributed by atoms with E-state index in [2.05, 4.69) is 5.32 Å². The molecule has 5 nitrogen and oxygen atoms in total. The Bertz CT molecular complexity index is 525. The Hall–Kier alpha value is -1.59. The van der Waals surface area contributed by atoms with Crippen LogP contribution in [0.1, 0.15) is 23.7 Å². The number of hydrogen-bond acceptors (Lipinski definition) is 4. The Kier molecular flexibility index (Phi) is 4.07. The number of aliphatic hydroxyl groups excluding tert-OH is 1. The Labute approximate surface area is 116 Å². The first-order valence-corrected chi connectivity index (χ1v) is 6.51. The summed E-state index contributed by atoms with van der Waals surface area (Å²) in [7, 11) is 0. The molecule has 0 fully saturated rings. The van der Waals surface area contributed by atoms with Gasteiger partial charge in [0.15, 0.2) is 0 Å². The summed E-state index contributed by atoms with van der Waals surface area (Å²) in [6.45, 7) is 3.23. The molecule has 0 saturated carbocycles. The first kappa shape index (κ1) is 13.8. The van der Waals surface area contributed by atoms with Crippen LogP contribution < -0.4 is 10.2 Å². The average Bonchev–Trinajstić information content (AvgIpc) is 2.64. The number of aliphatic hydroxyl groups is 1. The van der Waals surface area contributed by atoms with Gasteiger partial charge in [0, 0.05) is 13.1 Å². The fraction of sp³-hybridized carbons (Fsp3) is 0.385. The van der Waals surface area contributed by atoms with Gasteiger partial charge in [-0.2, -0.15) is 0 Å². The molecule has 1 amide bonds. The van der Waals surface area contributed by atoms with E-state index in [1.165, 1.54) is 6.07 Å². The Morgan fingerprint density at radius 3 is 2.68 bits per heavy atom. The van der Waals surface area contributed by atoms with Crippen LogP contribution in [0.2, 0.25) is 5.02 Å². The van der Waals surface area contributed by atoms with E-state index in [4.69, 9.17) is 16.7 Å². The van der Waals surface area contributed by atoms with Gasteiger partial charge < -0.3 is 15.3 Å². The zero-order valence-electron chi connectivity index (χ0n) is 10.6. The molecule has 2 N–H and O–H groups in total. The summed E-state index contributed by atoms with van der Waals surface area (Å²) in [4.78, 5) is 24.8. The smallest absolute Gasteiger partial charge is 0.296 e. The summed E-state index contributed by atoms with van der Waals surface area (Å²) in [6, 6.07) is 3.19. The third-order valence-corrected chi connectivity index (χ3v) is 3.29. The minimum Gasteiger partial charge on any atom is -0.395 e. The third-order valence-electron chi connectivity index (χ3n) is 2.99. The molecular weight excluding hydrogens is 268 g/mol. The fourth-order valence-corrected chi connectivity index (χ4v) is 2.42. The number of Topliss-reactive ketones (excluding diaryl/α,β-unsaturated/α-hetero) is 1. The van der Waals surface area contributed by atoms with Crippen molar-refractivity contribution in [1.29, 1.82) is 0 Å². The second kappa shape index (κ2) is 5.59. The van der Waals surface area contributed by atoms with E-state index in [1.807, 2.05) is 11.8 Å². The van der Waals surface area contributed by atoms with Gasteiger partial charge in [-0.05, 0) is 18.6 Å². The lowest BCUT2D eigenvalue weighted by atomic mass is 10.1. The third kappa shape index (κ3) is 2.57. The normalized spacial score (nSPS) is 13.4. The lowest BCUT2D eigenvalue weighted by Crippen LogP contribution is -2.27. The molecule has 102 valence electrons. The molecule has 0 aromatic heterocycles. The number of rotatable bonds is 5. The summed E-state index contributed by atoms with van der Waals surface area (Å²) >= 11 is 6.17. The predicted octanol–water partition coefficient (Wildman–Crippen LogP) is 1.68. The van der Waals surface area contributed by atoms with Gasteiger partial charge in [-0.1, -0.05) is 18.5 Å². The fourth-order valence-electron chi connectivity index (χ4n) is 2.14. The van der Waals surface area contributed by atoms with E-state index in [1.54, 1.807) is 6.07 Å². The van der Waals surface area contributed by atoms with E-state index in [0.717, 1.165) is 13.0 Å². The number of halogens is 1. The molecule has 0 bridgehead atoms. The molecule has 6 heteroatoms. The number of carbonyl (C=O) groups is 2. The van der Waals surface area contributed by atoms with Gasteiger partial charge in [-0.15, -0.1) is 0 Å². The Balaban J connectivity index is 2.40. The molecule has 1 aromatic rings. The van der Waals surface area contributed by atoms with Crippen LogP contribution in [-0.2, 0) is 4.79 Å². The van der Waals surface area contributed by atoms with Crippen LogP contribution in [0, 0.1) is 0 Å². The van der Waals surface area contributed by atoms with Crippen molar-refractivity contribution in [2.75, 3.05) is 29.9 Å².